The van der Waals surface area contributed by atoms with Gasteiger partial charge in [0.2, 0.25) is 5.91 Å². The van der Waals surface area contributed by atoms with Crippen molar-refractivity contribution in [2.75, 3.05) is 25.0 Å². The molecule has 3 amide bonds. The lowest BCUT2D eigenvalue weighted by molar-refractivity contribution is -0.138. The van der Waals surface area contributed by atoms with Gasteiger partial charge >= 0.3 is 6.18 Å². The highest BCUT2D eigenvalue weighted by Gasteiger charge is 2.40. The third-order valence-corrected chi connectivity index (χ3v) is 6.88. The highest BCUT2D eigenvalue weighted by Crippen LogP contribution is 2.35. The Morgan fingerprint density at radius 3 is 2.34 bits per heavy atom. The smallest absolute Gasteiger partial charge is 0.371 e. The molecule has 186 valence electrons. The second kappa shape index (κ2) is 9.36. The van der Waals surface area contributed by atoms with Crippen molar-refractivity contribution in [2.45, 2.75) is 45.5 Å². The summed E-state index contributed by atoms with van der Waals surface area (Å²) in [6, 6.07) is 9.82. The Balaban J connectivity index is 1.52. The average molecular weight is 488 g/mol. The van der Waals surface area contributed by atoms with E-state index in [1.54, 1.807) is 30.1 Å². The average Bonchev–Trinajstić information content (AvgIpc) is 3.07. The van der Waals surface area contributed by atoms with Crippen molar-refractivity contribution in [1.82, 2.24) is 9.80 Å². The van der Waals surface area contributed by atoms with Crippen molar-refractivity contribution in [3.05, 3.63) is 64.7 Å². The van der Waals surface area contributed by atoms with Crippen LogP contribution in [0.3, 0.4) is 0 Å². The van der Waals surface area contributed by atoms with E-state index in [9.17, 15) is 27.6 Å². The zero-order valence-corrected chi connectivity index (χ0v) is 19.9. The second-order valence-corrected chi connectivity index (χ2v) is 9.40. The molecule has 6 nitrogen and oxygen atoms in total. The molecule has 2 aromatic carbocycles. The standard InChI is InChI=1S/C26H28F3N3O3/c1-16(2)30(3)23(33)18-10-12-31(13-11-18)21-9-5-8-20-22(21)25(35)32(24(20)34)15-17-6-4-7-19(14-17)26(27,28)29/h4-9,14,16,18H,10-13,15H2,1-3H3. The van der Waals surface area contributed by atoms with E-state index in [2.05, 4.69) is 0 Å². The molecule has 0 atom stereocenters. The minimum atomic E-state index is -4.51. The molecule has 2 heterocycles. The third kappa shape index (κ3) is 4.76. The van der Waals surface area contributed by atoms with Crippen molar-refractivity contribution in [2.24, 2.45) is 5.92 Å². The number of nitrogens with zero attached hydrogens (tertiary/aromatic N) is 3. The molecule has 0 aromatic heterocycles. The summed E-state index contributed by atoms with van der Waals surface area (Å²) in [6.07, 6.45) is -3.24. The summed E-state index contributed by atoms with van der Waals surface area (Å²) in [4.78, 5) is 43.8. The summed E-state index contributed by atoms with van der Waals surface area (Å²) in [5.41, 5.74) is 0.540. The number of piperidine rings is 1. The second-order valence-electron chi connectivity index (χ2n) is 9.40. The molecule has 4 rings (SSSR count). The molecule has 0 spiro atoms. The van der Waals surface area contributed by atoms with E-state index in [1.807, 2.05) is 18.7 Å². The minimum Gasteiger partial charge on any atom is -0.371 e. The Morgan fingerprint density at radius 1 is 1.06 bits per heavy atom. The Hall–Kier alpha value is -3.36. The van der Waals surface area contributed by atoms with E-state index < -0.39 is 23.6 Å². The van der Waals surface area contributed by atoms with Crippen LogP contribution in [0, 0.1) is 5.92 Å². The summed E-state index contributed by atoms with van der Waals surface area (Å²) in [5, 5.41) is 0. The van der Waals surface area contributed by atoms with Crippen LogP contribution in [0.5, 0.6) is 0 Å². The summed E-state index contributed by atoms with van der Waals surface area (Å²) in [5.74, 6) is -1.02. The van der Waals surface area contributed by atoms with Gasteiger partial charge in [0.1, 0.15) is 0 Å². The van der Waals surface area contributed by atoms with Crippen LogP contribution in [0.1, 0.15) is 58.5 Å². The van der Waals surface area contributed by atoms with Gasteiger partial charge in [-0.05, 0) is 56.5 Å². The molecule has 0 saturated carbocycles. The Labute approximate surface area is 202 Å². The fourth-order valence-corrected chi connectivity index (χ4v) is 4.66. The largest absolute Gasteiger partial charge is 0.416 e. The van der Waals surface area contributed by atoms with Crippen LogP contribution >= 0.6 is 0 Å². The van der Waals surface area contributed by atoms with E-state index in [4.69, 9.17) is 0 Å². The van der Waals surface area contributed by atoms with Crippen LogP contribution in [0.2, 0.25) is 0 Å². The van der Waals surface area contributed by atoms with E-state index in [-0.39, 0.29) is 41.1 Å². The quantitative estimate of drug-likeness (QED) is 0.579. The third-order valence-electron chi connectivity index (χ3n) is 6.88. The summed E-state index contributed by atoms with van der Waals surface area (Å²) in [7, 11) is 1.80. The molecule has 2 aliphatic heterocycles. The first-order chi connectivity index (χ1) is 16.5. The summed E-state index contributed by atoms with van der Waals surface area (Å²) in [6.45, 7) is 4.82. The minimum absolute atomic E-state index is 0.0925. The summed E-state index contributed by atoms with van der Waals surface area (Å²) < 4.78 is 39.3. The van der Waals surface area contributed by atoms with Crippen molar-refractivity contribution < 1.29 is 27.6 Å². The van der Waals surface area contributed by atoms with Crippen molar-refractivity contribution in [3.63, 3.8) is 0 Å². The molecule has 1 saturated heterocycles. The van der Waals surface area contributed by atoms with Crippen LogP contribution < -0.4 is 4.90 Å². The molecule has 0 radical (unpaired) electrons. The highest BCUT2D eigenvalue weighted by atomic mass is 19.4. The fourth-order valence-electron chi connectivity index (χ4n) is 4.66. The molecule has 2 aromatic rings. The number of alkyl halides is 3. The lowest BCUT2D eigenvalue weighted by Crippen LogP contribution is -2.43. The van der Waals surface area contributed by atoms with Crippen LogP contribution in [0.15, 0.2) is 42.5 Å². The van der Waals surface area contributed by atoms with E-state index >= 15 is 0 Å². The maximum absolute atomic E-state index is 13.3. The molecule has 2 aliphatic rings. The van der Waals surface area contributed by atoms with Crippen molar-refractivity contribution >= 4 is 23.4 Å². The normalized spacial score (nSPS) is 16.8. The molecule has 0 N–H and O–H groups in total. The van der Waals surface area contributed by atoms with E-state index in [1.165, 1.54) is 12.1 Å². The van der Waals surface area contributed by atoms with Gasteiger partial charge in [0, 0.05) is 32.1 Å². The molecule has 0 bridgehead atoms. The predicted molar refractivity (Wildman–Crippen MR) is 125 cm³/mol. The molecular formula is C26H28F3N3O3. The van der Waals surface area contributed by atoms with Crippen LogP contribution in [0.25, 0.3) is 0 Å². The first-order valence-electron chi connectivity index (χ1n) is 11.7. The van der Waals surface area contributed by atoms with Gasteiger partial charge in [-0.25, -0.2) is 0 Å². The first-order valence-corrected chi connectivity index (χ1v) is 11.7. The van der Waals surface area contributed by atoms with Gasteiger partial charge in [0.05, 0.1) is 28.9 Å². The number of benzene rings is 2. The zero-order chi connectivity index (χ0) is 25.5. The van der Waals surface area contributed by atoms with Crippen LogP contribution in [0.4, 0.5) is 18.9 Å². The molecule has 0 unspecified atom stereocenters. The lowest BCUT2D eigenvalue weighted by Gasteiger charge is -2.36. The molecule has 0 aliphatic carbocycles. The number of imide groups is 1. The zero-order valence-electron chi connectivity index (χ0n) is 19.9. The summed E-state index contributed by atoms with van der Waals surface area (Å²) >= 11 is 0. The SMILES string of the molecule is CC(C)N(C)C(=O)C1CCN(c2cccc3c2C(=O)N(Cc2cccc(C(F)(F)F)c2)C3=O)CC1. The number of amides is 3. The number of hydrogen-bond donors (Lipinski definition) is 0. The number of hydrogen-bond acceptors (Lipinski definition) is 4. The fraction of sp³-hybridized carbons (Fsp3) is 0.423. The lowest BCUT2D eigenvalue weighted by atomic mass is 9.93. The Bertz CT molecular complexity index is 1150. The molecule has 1 fully saturated rings. The maximum Gasteiger partial charge on any atom is 0.416 e. The van der Waals surface area contributed by atoms with Gasteiger partial charge in [0.15, 0.2) is 0 Å². The van der Waals surface area contributed by atoms with Gasteiger partial charge in [-0.2, -0.15) is 13.2 Å². The number of carbonyl (C=O) groups excluding carboxylic acids is 3. The van der Waals surface area contributed by atoms with E-state index in [0.29, 0.717) is 31.6 Å². The number of halogens is 3. The van der Waals surface area contributed by atoms with Crippen molar-refractivity contribution in [1.29, 1.82) is 0 Å². The van der Waals surface area contributed by atoms with Gasteiger partial charge in [-0.1, -0.05) is 18.2 Å². The number of rotatable bonds is 5. The Kier molecular flexibility index (Phi) is 6.62. The number of carbonyl (C=O) groups is 3. The molecule has 9 heteroatoms. The number of fused-ring (bicyclic) bond motifs is 1. The molecule has 35 heavy (non-hydrogen) atoms. The highest BCUT2D eigenvalue weighted by molar-refractivity contribution is 6.23. The van der Waals surface area contributed by atoms with Crippen molar-refractivity contribution in [3.8, 4) is 0 Å². The Morgan fingerprint density at radius 2 is 1.71 bits per heavy atom. The number of anilines is 1. The van der Waals surface area contributed by atoms with Gasteiger partial charge < -0.3 is 9.80 Å². The first kappa shape index (κ1) is 24.8. The van der Waals surface area contributed by atoms with Gasteiger partial charge in [0.25, 0.3) is 11.8 Å². The van der Waals surface area contributed by atoms with Crippen LogP contribution in [-0.2, 0) is 17.5 Å². The monoisotopic (exact) mass is 487 g/mol. The topological polar surface area (TPSA) is 60.9 Å². The maximum atomic E-state index is 13.3. The van der Waals surface area contributed by atoms with Crippen LogP contribution in [-0.4, -0.2) is 53.7 Å². The predicted octanol–water partition coefficient (Wildman–Crippen LogP) is 4.58. The van der Waals surface area contributed by atoms with Gasteiger partial charge in [-0.3, -0.25) is 19.3 Å². The van der Waals surface area contributed by atoms with Gasteiger partial charge in [-0.15, -0.1) is 0 Å². The molecular weight excluding hydrogens is 459 g/mol. The van der Waals surface area contributed by atoms with E-state index in [0.717, 1.165) is 17.0 Å².